The highest BCUT2D eigenvalue weighted by atomic mass is 19.1. The van der Waals surface area contributed by atoms with Crippen molar-refractivity contribution in [3.05, 3.63) is 66.0 Å². The predicted octanol–water partition coefficient (Wildman–Crippen LogP) is 3.61. The monoisotopic (exact) mass is 371 g/mol. The zero-order chi connectivity index (χ0) is 19.4. The van der Waals surface area contributed by atoms with Crippen LogP contribution in [-0.4, -0.2) is 23.0 Å². The quantitative estimate of drug-likeness (QED) is 0.589. The SMILES string of the molecule is COC(=O)c1ccccc1Nc1ncnc(Nc2ccc(F)cc2F)c1N. The highest BCUT2D eigenvalue weighted by Crippen LogP contribution is 2.30. The van der Waals surface area contributed by atoms with Gasteiger partial charge in [-0.25, -0.2) is 23.5 Å². The van der Waals surface area contributed by atoms with Crippen LogP contribution in [0.25, 0.3) is 0 Å². The van der Waals surface area contributed by atoms with E-state index >= 15 is 0 Å². The van der Waals surface area contributed by atoms with Crippen molar-refractivity contribution < 1.29 is 18.3 Å². The average Bonchev–Trinajstić information content (AvgIpc) is 2.66. The van der Waals surface area contributed by atoms with Crippen LogP contribution in [-0.2, 0) is 4.74 Å². The fraction of sp³-hybridized carbons (Fsp3) is 0.0556. The molecule has 1 heterocycles. The molecule has 27 heavy (non-hydrogen) atoms. The van der Waals surface area contributed by atoms with Crippen LogP contribution in [0, 0.1) is 11.6 Å². The molecule has 0 saturated carbocycles. The molecule has 3 rings (SSSR count). The predicted molar refractivity (Wildman–Crippen MR) is 97.1 cm³/mol. The van der Waals surface area contributed by atoms with Gasteiger partial charge in [0, 0.05) is 6.07 Å². The zero-order valence-electron chi connectivity index (χ0n) is 14.2. The van der Waals surface area contributed by atoms with Gasteiger partial charge in [-0.15, -0.1) is 0 Å². The van der Waals surface area contributed by atoms with Gasteiger partial charge in [0.2, 0.25) is 0 Å². The first kappa shape index (κ1) is 18.1. The average molecular weight is 371 g/mol. The molecule has 0 aliphatic carbocycles. The molecule has 0 saturated heterocycles. The first-order valence-corrected chi connectivity index (χ1v) is 7.76. The highest BCUT2D eigenvalue weighted by molar-refractivity contribution is 5.97. The normalized spacial score (nSPS) is 10.3. The molecule has 0 atom stereocenters. The van der Waals surface area contributed by atoms with E-state index in [1.807, 2.05) is 0 Å². The summed E-state index contributed by atoms with van der Waals surface area (Å²) < 4.78 is 31.6. The van der Waals surface area contributed by atoms with Crippen molar-refractivity contribution in [2.45, 2.75) is 0 Å². The lowest BCUT2D eigenvalue weighted by molar-refractivity contribution is 0.0602. The van der Waals surface area contributed by atoms with Crippen molar-refractivity contribution in [2.24, 2.45) is 0 Å². The third-order valence-corrected chi connectivity index (χ3v) is 3.65. The van der Waals surface area contributed by atoms with Gasteiger partial charge in [-0.3, -0.25) is 0 Å². The molecule has 2 aromatic carbocycles. The molecule has 138 valence electrons. The number of rotatable bonds is 5. The Hall–Kier alpha value is -3.75. The summed E-state index contributed by atoms with van der Waals surface area (Å²) in [5.74, 6) is -1.70. The summed E-state index contributed by atoms with van der Waals surface area (Å²) in [6, 6.07) is 9.72. The number of halogens is 2. The van der Waals surface area contributed by atoms with Gasteiger partial charge in [0.05, 0.1) is 24.0 Å². The minimum Gasteiger partial charge on any atom is -0.465 e. The Morgan fingerprint density at radius 3 is 2.37 bits per heavy atom. The second kappa shape index (κ2) is 7.65. The molecule has 0 aliphatic heterocycles. The van der Waals surface area contributed by atoms with Gasteiger partial charge < -0.3 is 21.1 Å². The molecule has 0 bridgehead atoms. The lowest BCUT2D eigenvalue weighted by Gasteiger charge is -2.14. The first-order valence-electron chi connectivity index (χ1n) is 7.76. The van der Waals surface area contributed by atoms with Crippen LogP contribution in [0.1, 0.15) is 10.4 Å². The van der Waals surface area contributed by atoms with Crippen LogP contribution in [0.15, 0.2) is 48.8 Å². The number of nitrogens with two attached hydrogens (primary N) is 1. The Labute approximate surface area is 153 Å². The van der Waals surface area contributed by atoms with Crippen LogP contribution in [0.3, 0.4) is 0 Å². The van der Waals surface area contributed by atoms with Crippen molar-refractivity contribution in [1.82, 2.24) is 9.97 Å². The standard InChI is InChI=1S/C18H15F2N5O2/c1-27-18(26)11-4-2-3-5-13(11)24-16-15(21)17(23-9-22-16)25-14-7-6-10(19)8-12(14)20/h2-9H,21H2,1H3,(H2,22,23,24,25). The number of anilines is 5. The van der Waals surface area contributed by atoms with E-state index in [1.54, 1.807) is 24.3 Å². The molecule has 0 aliphatic rings. The first-order chi connectivity index (χ1) is 13.0. The van der Waals surface area contributed by atoms with Crippen molar-refractivity contribution in [2.75, 3.05) is 23.5 Å². The Balaban J connectivity index is 1.91. The lowest BCUT2D eigenvalue weighted by atomic mass is 10.2. The molecule has 9 heteroatoms. The molecular formula is C18H15F2N5O2. The van der Waals surface area contributed by atoms with Crippen LogP contribution in [0.2, 0.25) is 0 Å². The summed E-state index contributed by atoms with van der Waals surface area (Å²) in [5, 5.41) is 5.63. The number of aromatic nitrogens is 2. The van der Waals surface area contributed by atoms with Gasteiger partial charge in [-0.05, 0) is 24.3 Å². The topological polar surface area (TPSA) is 102 Å². The second-order valence-electron chi connectivity index (χ2n) is 5.40. The maximum atomic E-state index is 13.8. The maximum absolute atomic E-state index is 13.8. The summed E-state index contributed by atoms with van der Waals surface area (Å²) in [7, 11) is 1.28. The van der Waals surface area contributed by atoms with E-state index < -0.39 is 17.6 Å². The molecular weight excluding hydrogens is 356 g/mol. The van der Waals surface area contributed by atoms with Gasteiger partial charge in [-0.1, -0.05) is 12.1 Å². The number of esters is 1. The van der Waals surface area contributed by atoms with Crippen LogP contribution in [0.4, 0.5) is 37.5 Å². The Morgan fingerprint density at radius 1 is 1.04 bits per heavy atom. The summed E-state index contributed by atoms with van der Waals surface area (Å²) in [4.78, 5) is 19.9. The Morgan fingerprint density at radius 2 is 1.70 bits per heavy atom. The van der Waals surface area contributed by atoms with Crippen molar-refractivity contribution in [3.8, 4) is 0 Å². The highest BCUT2D eigenvalue weighted by Gasteiger charge is 2.15. The number of benzene rings is 2. The second-order valence-corrected chi connectivity index (χ2v) is 5.40. The van der Waals surface area contributed by atoms with E-state index in [9.17, 15) is 13.6 Å². The number of carbonyl (C=O) groups is 1. The molecule has 4 N–H and O–H groups in total. The number of nitrogen functional groups attached to an aromatic ring is 1. The van der Waals surface area contributed by atoms with E-state index in [0.29, 0.717) is 5.69 Å². The van der Waals surface area contributed by atoms with Crippen molar-refractivity contribution >= 4 is 34.7 Å². The fourth-order valence-corrected chi connectivity index (χ4v) is 2.32. The number of carbonyl (C=O) groups excluding carboxylic acids is 1. The lowest BCUT2D eigenvalue weighted by Crippen LogP contribution is -2.09. The van der Waals surface area contributed by atoms with Gasteiger partial charge in [0.15, 0.2) is 11.6 Å². The van der Waals surface area contributed by atoms with Gasteiger partial charge in [-0.2, -0.15) is 0 Å². The van der Waals surface area contributed by atoms with Gasteiger partial charge in [0.1, 0.15) is 23.6 Å². The molecule has 0 amide bonds. The van der Waals surface area contributed by atoms with Crippen molar-refractivity contribution in [1.29, 1.82) is 0 Å². The third-order valence-electron chi connectivity index (χ3n) is 3.65. The summed E-state index contributed by atoms with van der Waals surface area (Å²) in [6.07, 6.45) is 1.21. The largest absolute Gasteiger partial charge is 0.465 e. The van der Waals surface area contributed by atoms with E-state index in [1.165, 1.54) is 19.5 Å². The molecule has 7 nitrogen and oxygen atoms in total. The minimum atomic E-state index is -0.793. The number of hydrogen-bond donors (Lipinski definition) is 3. The number of methoxy groups -OCH3 is 1. The van der Waals surface area contributed by atoms with E-state index in [4.69, 9.17) is 10.5 Å². The van der Waals surface area contributed by atoms with Crippen LogP contribution >= 0.6 is 0 Å². The fourth-order valence-electron chi connectivity index (χ4n) is 2.32. The summed E-state index contributed by atoms with van der Waals surface area (Å²) in [5.41, 5.74) is 6.86. The Bertz CT molecular complexity index is 997. The van der Waals surface area contributed by atoms with Crippen LogP contribution < -0.4 is 16.4 Å². The molecule has 3 aromatic rings. The minimum absolute atomic E-state index is 0.00251. The number of para-hydroxylation sites is 1. The van der Waals surface area contributed by atoms with E-state index in [2.05, 4.69) is 20.6 Å². The van der Waals surface area contributed by atoms with Crippen molar-refractivity contribution in [3.63, 3.8) is 0 Å². The summed E-state index contributed by atoms with van der Waals surface area (Å²) >= 11 is 0. The number of nitrogens with zero attached hydrogens (tertiary/aromatic N) is 2. The third kappa shape index (κ3) is 3.92. The molecule has 0 spiro atoms. The van der Waals surface area contributed by atoms with E-state index in [-0.39, 0.29) is 28.6 Å². The van der Waals surface area contributed by atoms with Gasteiger partial charge >= 0.3 is 5.97 Å². The number of ether oxygens (including phenoxy) is 1. The smallest absolute Gasteiger partial charge is 0.339 e. The maximum Gasteiger partial charge on any atom is 0.339 e. The molecule has 0 unspecified atom stereocenters. The zero-order valence-corrected chi connectivity index (χ0v) is 14.2. The van der Waals surface area contributed by atoms with E-state index in [0.717, 1.165) is 12.1 Å². The van der Waals surface area contributed by atoms with Crippen LogP contribution in [0.5, 0.6) is 0 Å². The number of hydrogen-bond acceptors (Lipinski definition) is 7. The number of nitrogens with one attached hydrogen (secondary N) is 2. The molecule has 1 aromatic heterocycles. The molecule has 0 fully saturated rings. The summed E-state index contributed by atoms with van der Waals surface area (Å²) in [6.45, 7) is 0. The molecule has 0 radical (unpaired) electrons. The van der Waals surface area contributed by atoms with Gasteiger partial charge in [0.25, 0.3) is 0 Å². The Kier molecular flexibility index (Phi) is 5.11.